The third-order valence-corrected chi connectivity index (χ3v) is 3.44. The maximum Gasteiger partial charge on any atom is 0.355 e. The van der Waals surface area contributed by atoms with Gasteiger partial charge in [-0.2, -0.15) is 0 Å². The number of halogens is 1. The van der Waals surface area contributed by atoms with Crippen LogP contribution in [0.3, 0.4) is 0 Å². The van der Waals surface area contributed by atoms with Crippen molar-refractivity contribution in [1.29, 1.82) is 0 Å². The van der Waals surface area contributed by atoms with E-state index in [-0.39, 0.29) is 11.5 Å². The number of benzene rings is 1. The number of aromatic carboxylic acids is 1. The maximum atomic E-state index is 13.4. The van der Waals surface area contributed by atoms with Gasteiger partial charge in [0.2, 0.25) is 0 Å². The summed E-state index contributed by atoms with van der Waals surface area (Å²) < 4.78 is 13.4. The lowest BCUT2D eigenvalue weighted by atomic mass is 10.1. The van der Waals surface area contributed by atoms with Crippen molar-refractivity contribution in [2.24, 2.45) is 0 Å². The van der Waals surface area contributed by atoms with Gasteiger partial charge in [0.05, 0.1) is 0 Å². The molecule has 1 aromatic carbocycles. The summed E-state index contributed by atoms with van der Waals surface area (Å²) in [5, 5.41) is 9.42. The lowest BCUT2D eigenvalue weighted by Crippen LogP contribution is -1.98. The molecular formula is C12H10FNO2S. The van der Waals surface area contributed by atoms with Gasteiger partial charge in [-0.25, -0.2) is 14.2 Å². The predicted octanol–water partition coefficient (Wildman–Crippen LogP) is 3.26. The maximum absolute atomic E-state index is 13.4. The number of aryl methyl sites for hydroxylation is 2. The first kappa shape index (κ1) is 11.7. The monoisotopic (exact) mass is 251 g/mol. The van der Waals surface area contributed by atoms with Crippen molar-refractivity contribution in [2.45, 2.75) is 13.8 Å². The molecule has 0 saturated carbocycles. The zero-order chi connectivity index (χ0) is 12.6. The second-order valence-electron chi connectivity index (χ2n) is 3.69. The number of rotatable bonds is 2. The molecule has 0 amide bonds. The topological polar surface area (TPSA) is 50.2 Å². The minimum absolute atomic E-state index is 0.0333. The van der Waals surface area contributed by atoms with Crippen LogP contribution < -0.4 is 0 Å². The van der Waals surface area contributed by atoms with Crippen molar-refractivity contribution in [3.05, 3.63) is 40.2 Å². The molecule has 0 spiro atoms. The fraction of sp³-hybridized carbons (Fsp3) is 0.167. The molecule has 0 aliphatic carbocycles. The molecule has 2 rings (SSSR count). The summed E-state index contributed by atoms with van der Waals surface area (Å²) in [4.78, 5) is 15.5. The Balaban J connectivity index is 2.50. The van der Waals surface area contributed by atoms with Crippen LogP contribution in [0.15, 0.2) is 18.2 Å². The van der Waals surface area contributed by atoms with E-state index < -0.39 is 5.97 Å². The van der Waals surface area contributed by atoms with E-state index in [9.17, 15) is 9.18 Å². The lowest BCUT2D eigenvalue weighted by molar-refractivity contribution is 0.0690. The van der Waals surface area contributed by atoms with Crippen molar-refractivity contribution in [3.8, 4) is 10.6 Å². The second kappa shape index (κ2) is 4.25. The molecule has 0 aliphatic heterocycles. The first-order chi connectivity index (χ1) is 7.99. The molecule has 2 aromatic rings. The number of aromatic nitrogens is 1. The smallest absolute Gasteiger partial charge is 0.355 e. The summed E-state index contributed by atoms with van der Waals surface area (Å²) in [6.45, 7) is 3.37. The first-order valence-electron chi connectivity index (χ1n) is 4.96. The Labute approximate surface area is 102 Å². The molecule has 0 bridgehead atoms. The molecule has 17 heavy (non-hydrogen) atoms. The average Bonchev–Trinajstić information content (AvgIpc) is 2.64. The van der Waals surface area contributed by atoms with E-state index in [1.165, 1.54) is 17.4 Å². The molecule has 3 nitrogen and oxygen atoms in total. The molecule has 5 heteroatoms. The van der Waals surface area contributed by atoms with E-state index in [1.54, 1.807) is 26.0 Å². The molecule has 1 heterocycles. The number of hydrogen-bond donors (Lipinski definition) is 1. The van der Waals surface area contributed by atoms with Gasteiger partial charge in [-0.3, -0.25) is 0 Å². The highest BCUT2D eigenvalue weighted by molar-refractivity contribution is 7.15. The molecule has 0 atom stereocenters. The number of nitrogens with zero attached hydrogens (tertiary/aromatic N) is 1. The van der Waals surface area contributed by atoms with Crippen molar-refractivity contribution in [2.75, 3.05) is 0 Å². The first-order valence-corrected chi connectivity index (χ1v) is 5.78. The molecule has 0 saturated heterocycles. The Hall–Kier alpha value is -1.75. The van der Waals surface area contributed by atoms with E-state index in [2.05, 4.69) is 4.98 Å². The van der Waals surface area contributed by atoms with Crippen LogP contribution in [0, 0.1) is 19.7 Å². The summed E-state index contributed by atoms with van der Waals surface area (Å²) in [6, 6.07) is 4.77. The predicted molar refractivity (Wildman–Crippen MR) is 63.9 cm³/mol. The van der Waals surface area contributed by atoms with Crippen molar-refractivity contribution in [1.82, 2.24) is 4.98 Å². The van der Waals surface area contributed by atoms with Crippen LogP contribution in [-0.2, 0) is 0 Å². The van der Waals surface area contributed by atoms with Crippen LogP contribution >= 0.6 is 11.3 Å². The Morgan fingerprint density at radius 3 is 2.65 bits per heavy atom. The van der Waals surface area contributed by atoms with Crippen LogP contribution in [0.25, 0.3) is 10.6 Å². The zero-order valence-corrected chi connectivity index (χ0v) is 10.1. The van der Waals surface area contributed by atoms with E-state index in [1.807, 2.05) is 0 Å². The van der Waals surface area contributed by atoms with E-state index in [0.717, 1.165) is 0 Å². The minimum atomic E-state index is -1.06. The van der Waals surface area contributed by atoms with Gasteiger partial charge >= 0.3 is 5.97 Å². The Morgan fingerprint density at radius 1 is 1.41 bits per heavy atom. The highest BCUT2D eigenvalue weighted by atomic mass is 32.1. The van der Waals surface area contributed by atoms with E-state index in [0.29, 0.717) is 21.0 Å². The van der Waals surface area contributed by atoms with Gasteiger partial charge in [0, 0.05) is 10.4 Å². The van der Waals surface area contributed by atoms with E-state index >= 15 is 0 Å². The number of carboxylic acids is 1. The molecule has 88 valence electrons. The standard InChI is InChI=1S/C12H10FNO2S/c1-6-3-4-8(5-9(6)13)11-14-10(12(15)16)7(2)17-11/h3-5H,1-2H3,(H,15,16). The van der Waals surface area contributed by atoms with Crippen LogP contribution in [-0.4, -0.2) is 16.1 Å². The number of thiazole rings is 1. The third-order valence-electron chi connectivity index (χ3n) is 2.42. The second-order valence-corrected chi connectivity index (χ2v) is 4.90. The van der Waals surface area contributed by atoms with Gasteiger partial charge in [-0.05, 0) is 25.5 Å². The number of carbonyl (C=O) groups is 1. The zero-order valence-electron chi connectivity index (χ0n) is 9.32. The highest BCUT2D eigenvalue weighted by Crippen LogP contribution is 2.28. The Bertz CT molecular complexity index is 592. The quantitative estimate of drug-likeness (QED) is 0.891. The lowest BCUT2D eigenvalue weighted by Gasteiger charge is -1.99. The van der Waals surface area contributed by atoms with Gasteiger partial charge in [0.1, 0.15) is 10.8 Å². The van der Waals surface area contributed by atoms with Gasteiger partial charge < -0.3 is 5.11 Å². The molecule has 1 aromatic heterocycles. The van der Waals surface area contributed by atoms with Crippen LogP contribution in [0.2, 0.25) is 0 Å². The highest BCUT2D eigenvalue weighted by Gasteiger charge is 2.15. The summed E-state index contributed by atoms with van der Waals surface area (Å²) in [7, 11) is 0. The van der Waals surface area contributed by atoms with Crippen LogP contribution in [0.5, 0.6) is 0 Å². The molecule has 0 radical (unpaired) electrons. The van der Waals surface area contributed by atoms with Gasteiger partial charge in [-0.1, -0.05) is 12.1 Å². The van der Waals surface area contributed by atoms with Crippen LogP contribution in [0.4, 0.5) is 4.39 Å². The molecule has 0 fully saturated rings. The van der Waals surface area contributed by atoms with Gasteiger partial charge in [0.25, 0.3) is 0 Å². The van der Waals surface area contributed by atoms with E-state index in [4.69, 9.17) is 5.11 Å². The number of carboxylic acid groups (broad SMARTS) is 1. The normalized spacial score (nSPS) is 10.5. The summed E-state index contributed by atoms with van der Waals surface area (Å²) >= 11 is 1.25. The van der Waals surface area contributed by atoms with Gasteiger partial charge in [-0.15, -0.1) is 11.3 Å². The molecular weight excluding hydrogens is 241 g/mol. The molecule has 1 N–H and O–H groups in total. The third kappa shape index (κ3) is 2.19. The average molecular weight is 251 g/mol. The molecule has 0 aliphatic rings. The largest absolute Gasteiger partial charge is 0.476 e. The summed E-state index contributed by atoms with van der Waals surface area (Å²) in [5.41, 5.74) is 1.19. The van der Waals surface area contributed by atoms with Crippen molar-refractivity contribution < 1.29 is 14.3 Å². The fourth-order valence-corrected chi connectivity index (χ4v) is 2.35. The molecule has 0 unspecified atom stereocenters. The SMILES string of the molecule is Cc1ccc(-c2nc(C(=O)O)c(C)s2)cc1F. The van der Waals surface area contributed by atoms with Crippen molar-refractivity contribution >= 4 is 17.3 Å². The summed E-state index contributed by atoms with van der Waals surface area (Å²) in [6.07, 6.45) is 0. The fourth-order valence-electron chi connectivity index (χ4n) is 1.44. The van der Waals surface area contributed by atoms with Gasteiger partial charge in [0.15, 0.2) is 5.69 Å². The number of hydrogen-bond acceptors (Lipinski definition) is 3. The van der Waals surface area contributed by atoms with Crippen LogP contribution in [0.1, 0.15) is 20.9 Å². The summed E-state index contributed by atoms with van der Waals surface area (Å²) in [5.74, 6) is -1.37. The Morgan fingerprint density at radius 2 is 2.12 bits per heavy atom. The Kier molecular flexibility index (Phi) is 2.93. The van der Waals surface area contributed by atoms with Crippen molar-refractivity contribution in [3.63, 3.8) is 0 Å². The minimum Gasteiger partial charge on any atom is -0.476 e.